The third-order valence-corrected chi connectivity index (χ3v) is 4.65. The van der Waals surface area contributed by atoms with E-state index in [0.29, 0.717) is 18.3 Å². The summed E-state index contributed by atoms with van der Waals surface area (Å²) in [6, 6.07) is 14.1. The lowest BCUT2D eigenvalue weighted by Crippen LogP contribution is -2.19. The smallest absolute Gasteiger partial charge is 0.250 e. The van der Waals surface area contributed by atoms with Gasteiger partial charge in [0.1, 0.15) is 5.75 Å². The summed E-state index contributed by atoms with van der Waals surface area (Å²) in [5.41, 5.74) is 7.23. The number of ether oxygens (including phenoxy) is 1. The van der Waals surface area contributed by atoms with Crippen LogP contribution in [0.25, 0.3) is 0 Å². The Morgan fingerprint density at radius 3 is 2.44 bits per heavy atom. The van der Waals surface area contributed by atoms with Gasteiger partial charge in [-0.05, 0) is 55.2 Å². The largest absolute Gasteiger partial charge is 0.493 e. The molecule has 0 heterocycles. The van der Waals surface area contributed by atoms with Gasteiger partial charge in [0, 0.05) is 5.75 Å². The lowest BCUT2D eigenvalue weighted by atomic mass is 10.1. The van der Waals surface area contributed by atoms with Crippen molar-refractivity contribution in [1.82, 2.24) is 5.43 Å². The molecule has 2 rings (SSSR count). The van der Waals surface area contributed by atoms with Gasteiger partial charge in [0.05, 0.1) is 18.6 Å². The number of hydrazone groups is 1. The summed E-state index contributed by atoms with van der Waals surface area (Å²) in [5, 5.41) is 4.02. The second-order valence-electron chi connectivity index (χ2n) is 7.06. The minimum Gasteiger partial charge on any atom is -0.493 e. The van der Waals surface area contributed by atoms with Gasteiger partial charge in [0.15, 0.2) is 0 Å². The first kappa shape index (κ1) is 21.0. The van der Waals surface area contributed by atoms with Gasteiger partial charge in [-0.25, -0.2) is 5.43 Å². The summed E-state index contributed by atoms with van der Waals surface area (Å²) >= 11 is 1.59. The van der Waals surface area contributed by atoms with Crippen molar-refractivity contribution in [3.05, 3.63) is 64.7 Å². The van der Waals surface area contributed by atoms with Crippen molar-refractivity contribution in [1.29, 1.82) is 0 Å². The third kappa shape index (κ3) is 8.31. The minimum absolute atomic E-state index is 0.0995. The Bertz CT molecular complexity index is 750. The molecule has 4 nitrogen and oxygen atoms in total. The second kappa shape index (κ2) is 10.8. The minimum atomic E-state index is -0.0995. The van der Waals surface area contributed by atoms with Crippen molar-refractivity contribution in [2.45, 2.75) is 33.4 Å². The maximum atomic E-state index is 11.9. The second-order valence-corrected chi connectivity index (χ2v) is 8.04. The Kier molecular flexibility index (Phi) is 8.40. The van der Waals surface area contributed by atoms with Crippen molar-refractivity contribution >= 4 is 23.9 Å². The van der Waals surface area contributed by atoms with E-state index in [1.54, 1.807) is 18.0 Å². The van der Waals surface area contributed by atoms with Crippen LogP contribution in [0.1, 0.15) is 36.1 Å². The first-order valence-corrected chi connectivity index (χ1v) is 10.3. The average molecular weight is 385 g/mol. The van der Waals surface area contributed by atoms with Crippen molar-refractivity contribution in [3.63, 3.8) is 0 Å². The summed E-state index contributed by atoms with van der Waals surface area (Å²) < 4.78 is 5.64. The van der Waals surface area contributed by atoms with E-state index >= 15 is 0 Å². The molecule has 27 heavy (non-hydrogen) atoms. The summed E-state index contributed by atoms with van der Waals surface area (Å²) in [7, 11) is 0. The van der Waals surface area contributed by atoms with Gasteiger partial charge < -0.3 is 4.74 Å². The maximum Gasteiger partial charge on any atom is 0.250 e. The van der Waals surface area contributed by atoms with Crippen molar-refractivity contribution in [2.24, 2.45) is 11.0 Å². The zero-order chi connectivity index (χ0) is 19.6. The molecule has 0 aliphatic rings. The SMILES string of the molecule is Cc1cc(C)cc(CSCC(=O)N/N=C\c2ccc(OCC(C)C)cc2)c1. The van der Waals surface area contributed by atoms with E-state index in [9.17, 15) is 4.79 Å². The molecule has 1 amide bonds. The number of nitrogens with zero attached hydrogens (tertiary/aromatic N) is 1. The molecule has 0 saturated carbocycles. The van der Waals surface area contributed by atoms with Gasteiger partial charge >= 0.3 is 0 Å². The predicted octanol–water partition coefficient (Wildman–Crippen LogP) is 4.72. The summed E-state index contributed by atoms with van der Waals surface area (Å²) in [4.78, 5) is 11.9. The lowest BCUT2D eigenvalue weighted by Gasteiger charge is -2.08. The van der Waals surface area contributed by atoms with E-state index in [1.165, 1.54) is 16.7 Å². The molecule has 0 fully saturated rings. The zero-order valence-electron chi connectivity index (χ0n) is 16.5. The van der Waals surface area contributed by atoms with E-state index in [0.717, 1.165) is 17.1 Å². The number of hydrogen-bond donors (Lipinski definition) is 1. The molecule has 2 aromatic carbocycles. The Morgan fingerprint density at radius 2 is 1.81 bits per heavy atom. The number of amides is 1. The van der Waals surface area contributed by atoms with Gasteiger partial charge in [-0.15, -0.1) is 11.8 Å². The van der Waals surface area contributed by atoms with Crippen LogP contribution >= 0.6 is 11.8 Å². The van der Waals surface area contributed by atoms with Crippen LogP contribution in [0.2, 0.25) is 0 Å². The lowest BCUT2D eigenvalue weighted by molar-refractivity contribution is -0.118. The molecule has 0 saturated heterocycles. The third-order valence-electron chi connectivity index (χ3n) is 3.65. The van der Waals surface area contributed by atoms with Crippen LogP contribution in [0.15, 0.2) is 47.6 Å². The molecule has 1 N–H and O–H groups in total. The van der Waals surface area contributed by atoms with Gasteiger partial charge in [-0.2, -0.15) is 5.10 Å². The van der Waals surface area contributed by atoms with Crippen molar-refractivity contribution in [2.75, 3.05) is 12.4 Å². The highest BCUT2D eigenvalue weighted by Crippen LogP contribution is 2.16. The topological polar surface area (TPSA) is 50.7 Å². The zero-order valence-corrected chi connectivity index (χ0v) is 17.3. The molecule has 144 valence electrons. The van der Waals surface area contributed by atoms with Crippen LogP contribution in [0.5, 0.6) is 5.75 Å². The van der Waals surface area contributed by atoms with Crippen molar-refractivity contribution < 1.29 is 9.53 Å². The Hall–Kier alpha value is -2.27. The fraction of sp³-hybridized carbons (Fsp3) is 0.364. The quantitative estimate of drug-likeness (QED) is 0.503. The van der Waals surface area contributed by atoms with E-state index in [2.05, 4.69) is 56.4 Å². The number of benzene rings is 2. The molecule has 5 heteroatoms. The molecule has 0 aliphatic heterocycles. The number of nitrogens with one attached hydrogen (secondary N) is 1. The number of carbonyl (C=O) groups excluding carboxylic acids is 1. The molecule has 0 spiro atoms. The highest BCUT2D eigenvalue weighted by molar-refractivity contribution is 7.99. The van der Waals surface area contributed by atoms with Crippen LogP contribution in [0.3, 0.4) is 0 Å². The maximum absolute atomic E-state index is 11.9. The van der Waals surface area contributed by atoms with Crippen LogP contribution in [0, 0.1) is 19.8 Å². The molecule has 0 bridgehead atoms. The summed E-state index contributed by atoms with van der Waals surface area (Å²) in [6.07, 6.45) is 1.64. The van der Waals surface area contributed by atoms with E-state index in [1.807, 2.05) is 24.3 Å². The fourth-order valence-corrected chi connectivity index (χ4v) is 3.29. The van der Waals surface area contributed by atoms with Gasteiger partial charge in [-0.3, -0.25) is 4.79 Å². The first-order valence-electron chi connectivity index (χ1n) is 9.12. The Morgan fingerprint density at radius 1 is 1.15 bits per heavy atom. The first-order chi connectivity index (χ1) is 12.9. The molecular formula is C22H28N2O2S. The Balaban J connectivity index is 1.71. The molecule has 2 aromatic rings. The van der Waals surface area contributed by atoms with Crippen molar-refractivity contribution in [3.8, 4) is 5.75 Å². The van der Waals surface area contributed by atoms with Crippen LogP contribution in [-0.2, 0) is 10.5 Å². The molecular weight excluding hydrogens is 356 g/mol. The van der Waals surface area contributed by atoms with Crippen LogP contribution in [-0.4, -0.2) is 24.5 Å². The highest BCUT2D eigenvalue weighted by Gasteiger charge is 2.02. The standard InChI is InChI=1S/C22H28N2O2S/c1-16(2)13-26-21-7-5-19(6-8-21)12-23-24-22(25)15-27-14-20-10-17(3)9-18(4)11-20/h5-12,16H,13-15H2,1-4H3,(H,24,25)/b23-12-. The average Bonchev–Trinajstić information content (AvgIpc) is 2.60. The van der Waals surface area contributed by atoms with Crippen LogP contribution < -0.4 is 10.2 Å². The van der Waals surface area contributed by atoms with Gasteiger partial charge in [0.2, 0.25) is 5.91 Å². The monoisotopic (exact) mass is 384 g/mol. The molecule has 0 aliphatic carbocycles. The number of carbonyl (C=O) groups is 1. The number of aryl methyl sites for hydroxylation is 2. The highest BCUT2D eigenvalue weighted by atomic mass is 32.2. The summed E-state index contributed by atoms with van der Waals surface area (Å²) in [5.74, 6) is 2.43. The molecule has 0 unspecified atom stereocenters. The van der Waals surface area contributed by atoms with E-state index in [4.69, 9.17) is 4.74 Å². The summed E-state index contributed by atoms with van der Waals surface area (Å²) in [6.45, 7) is 9.11. The van der Waals surface area contributed by atoms with Gasteiger partial charge in [-0.1, -0.05) is 43.2 Å². The predicted molar refractivity (Wildman–Crippen MR) is 115 cm³/mol. The number of thioether (sulfide) groups is 1. The molecule has 0 atom stereocenters. The normalized spacial score (nSPS) is 11.1. The molecule has 0 radical (unpaired) electrons. The molecule has 0 aromatic heterocycles. The van der Waals surface area contributed by atoms with Gasteiger partial charge in [0.25, 0.3) is 0 Å². The fourth-order valence-electron chi connectivity index (χ4n) is 2.54. The number of hydrogen-bond acceptors (Lipinski definition) is 4. The Labute approximate surface area is 166 Å². The van der Waals surface area contributed by atoms with Crippen LogP contribution in [0.4, 0.5) is 0 Å². The van der Waals surface area contributed by atoms with E-state index in [-0.39, 0.29) is 5.91 Å². The van der Waals surface area contributed by atoms with E-state index < -0.39 is 0 Å². The number of rotatable bonds is 9.